The first-order valence-corrected chi connectivity index (χ1v) is 9.37. The monoisotopic (exact) mass is 381 g/mol. The second-order valence-electron chi connectivity index (χ2n) is 6.83. The van der Waals surface area contributed by atoms with Gasteiger partial charge in [-0.1, -0.05) is 48.5 Å². The van der Waals surface area contributed by atoms with Gasteiger partial charge in [-0.15, -0.1) is 0 Å². The van der Waals surface area contributed by atoms with E-state index in [2.05, 4.69) is 36.4 Å². The van der Waals surface area contributed by atoms with Crippen molar-refractivity contribution in [1.29, 1.82) is 15.8 Å². The van der Waals surface area contributed by atoms with E-state index in [4.69, 9.17) is 15.8 Å². The average Bonchev–Trinajstić information content (AvgIpc) is 2.84. The second kappa shape index (κ2) is 8.15. The van der Waals surface area contributed by atoms with Crippen molar-refractivity contribution in [3.05, 3.63) is 108 Å². The molecule has 0 aliphatic heterocycles. The van der Waals surface area contributed by atoms with Gasteiger partial charge >= 0.3 is 0 Å². The third kappa shape index (κ3) is 3.67. The normalized spacial score (nSPS) is 9.90. The third-order valence-electron chi connectivity index (χ3n) is 5.02. The van der Waals surface area contributed by atoms with Gasteiger partial charge in [0.25, 0.3) is 0 Å². The lowest BCUT2D eigenvalue weighted by Gasteiger charge is -2.13. The van der Waals surface area contributed by atoms with Crippen LogP contribution in [0, 0.1) is 34.0 Å². The van der Waals surface area contributed by atoms with Gasteiger partial charge in [-0.3, -0.25) is 0 Å². The highest BCUT2D eigenvalue weighted by Gasteiger charge is 2.11. The Bertz CT molecular complexity index is 1330. The van der Waals surface area contributed by atoms with E-state index in [1.165, 1.54) is 0 Å². The minimum Gasteiger partial charge on any atom is -0.192 e. The zero-order valence-corrected chi connectivity index (χ0v) is 16.0. The summed E-state index contributed by atoms with van der Waals surface area (Å²) in [7, 11) is 0. The van der Waals surface area contributed by atoms with Gasteiger partial charge in [-0.2, -0.15) is 15.8 Å². The van der Waals surface area contributed by atoms with Gasteiger partial charge in [0.2, 0.25) is 0 Å². The highest BCUT2D eigenvalue weighted by molar-refractivity contribution is 5.87. The first-order valence-electron chi connectivity index (χ1n) is 9.37. The van der Waals surface area contributed by atoms with Crippen LogP contribution in [0.25, 0.3) is 33.4 Å². The van der Waals surface area contributed by atoms with Gasteiger partial charge in [0.1, 0.15) is 0 Å². The maximum Gasteiger partial charge on any atom is 0.0991 e. The summed E-state index contributed by atoms with van der Waals surface area (Å²) in [6, 6.07) is 35.2. The van der Waals surface area contributed by atoms with E-state index < -0.39 is 0 Å². The Morgan fingerprint density at radius 3 is 1.17 bits per heavy atom. The molecule has 4 aromatic carbocycles. The number of benzene rings is 4. The van der Waals surface area contributed by atoms with Gasteiger partial charge in [-0.25, -0.2) is 0 Å². The fourth-order valence-electron chi connectivity index (χ4n) is 3.40. The number of rotatable bonds is 3. The van der Waals surface area contributed by atoms with Crippen molar-refractivity contribution in [2.75, 3.05) is 0 Å². The number of nitrogens with zero attached hydrogens (tertiary/aromatic N) is 3. The van der Waals surface area contributed by atoms with Crippen LogP contribution in [-0.2, 0) is 0 Å². The van der Waals surface area contributed by atoms with Crippen molar-refractivity contribution in [2.24, 2.45) is 0 Å². The molecule has 0 N–H and O–H groups in total. The second-order valence-corrected chi connectivity index (χ2v) is 6.83. The van der Waals surface area contributed by atoms with Crippen LogP contribution in [0.5, 0.6) is 0 Å². The molecule has 3 heteroatoms. The third-order valence-corrected chi connectivity index (χ3v) is 5.02. The molecule has 0 atom stereocenters. The Kier molecular flexibility index (Phi) is 5.08. The highest BCUT2D eigenvalue weighted by atomic mass is 14.2. The molecule has 0 aromatic heterocycles. The van der Waals surface area contributed by atoms with Gasteiger partial charge in [0.15, 0.2) is 0 Å². The van der Waals surface area contributed by atoms with Crippen LogP contribution in [0.2, 0.25) is 0 Å². The van der Waals surface area contributed by atoms with Crippen molar-refractivity contribution in [1.82, 2.24) is 0 Å². The van der Waals surface area contributed by atoms with Gasteiger partial charge in [-0.05, 0) is 75.8 Å². The Morgan fingerprint density at radius 2 is 0.733 bits per heavy atom. The predicted molar refractivity (Wildman–Crippen MR) is 117 cm³/mol. The minimum atomic E-state index is 0.613. The quantitative estimate of drug-likeness (QED) is 0.418. The Morgan fingerprint density at radius 1 is 0.367 bits per heavy atom. The minimum absolute atomic E-state index is 0.613. The number of hydrogen-bond acceptors (Lipinski definition) is 3. The van der Waals surface area contributed by atoms with E-state index in [1.807, 2.05) is 72.8 Å². The Labute approximate surface area is 175 Å². The van der Waals surface area contributed by atoms with Crippen molar-refractivity contribution < 1.29 is 0 Å². The largest absolute Gasteiger partial charge is 0.192 e. The molecule has 0 bridgehead atoms. The SMILES string of the molecule is N#Cc1ccc(-c2ccc(-c3ccc(C#N)cc3)c(-c3ccc(C#N)cc3)c2)cc1. The average molecular weight is 381 g/mol. The van der Waals surface area contributed by atoms with Crippen LogP contribution in [0.15, 0.2) is 91.0 Å². The van der Waals surface area contributed by atoms with Crippen molar-refractivity contribution in [3.63, 3.8) is 0 Å². The molecule has 4 rings (SSSR count). The molecule has 0 saturated heterocycles. The summed E-state index contributed by atoms with van der Waals surface area (Å²) in [5, 5.41) is 27.2. The van der Waals surface area contributed by atoms with Crippen molar-refractivity contribution >= 4 is 0 Å². The fourth-order valence-corrected chi connectivity index (χ4v) is 3.40. The van der Waals surface area contributed by atoms with Gasteiger partial charge in [0, 0.05) is 0 Å². The Hall–Kier alpha value is -4.65. The molecule has 138 valence electrons. The molecule has 0 fully saturated rings. The molecule has 0 saturated carbocycles. The smallest absolute Gasteiger partial charge is 0.0991 e. The molecule has 0 radical (unpaired) electrons. The zero-order chi connectivity index (χ0) is 20.9. The molecule has 4 aromatic rings. The zero-order valence-electron chi connectivity index (χ0n) is 16.0. The van der Waals surface area contributed by atoms with Crippen LogP contribution in [0.3, 0.4) is 0 Å². The summed E-state index contributed by atoms with van der Waals surface area (Å²) < 4.78 is 0. The topological polar surface area (TPSA) is 71.4 Å². The van der Waals surface area contributed by atoms with E-state index in [1.54, 1.807) is 0 Å². The molecule has 0 aliphatic carbocycles. The fraction of sp³-hybridized carbons (Fsp3) is 0. The van der Waals surface area contributed by atoms with Gasteiger partial charge < -0.3 is 0 Å². The summed E-state index contributed by atoms with van der Waals surface area (Å²) in [6.45, 7) is 0. The summed E-state index contributed by atoms with van der Waals surface area (Å²) in [5.41, 5.74) is 8.01. The molecule has 30 heavy (non-hydrogen) atoms. The van der Waals surface area contributed by atoms with Crippen LogP contribution >= 0.6 is 0 Å². The summed E-state index contributed by atoms with van der Waals surface area (Å²) in [4.78, 5) is 0. The first-order chi connectivity index (χ1) is 14.7. The van der Waals surface area contributed by atoms with E-state index >= 15 is 0 Å². The number of hydrogen-bond donors (Lipinski definition) is 0. The molecule has 3 nitrogen and oxygen atoms in total. The lowest BCUT2D eigenvalue weighted by atomic mass is 9.90. The van der Waals surface area contributed by atoms with Crippen LogP contribution in [0.1, 0.15) is 16.7 Å². The van der Waals surface area contributed by atoms with E-state index in [-0.39, 0.29) is 0 Å². The van der Waals surface area contributed by atoms with Crippen LogP contribution in [-0.4, -0.2) is 0 Å². The first kappa shape index (κ1) is 18.7. The molecule has 0 amide bonds. The van der Waals surface area contributed by atoms with Crippen molar-refractivity contribution in [3.8, 4) is 51.6 Å². The van der Waals surface area contributed by atoms with Gasteiger partial charge in [0.05, 0.1) is 34.9 Å². The van der Waals surface area contributed by atoms with E-state index in [0.29, 0.717) is 16.7 Å². The van der Waals surface area contributed by atoms with Crippen LogP contribution in [0.4, 0.5) is 0 Å². The summed E-state index contributed by atoms with van der Waals surface area (Å²) >= 11 is 0. The van der Waals surface area contributed by atoms with E-state index in [9.17, 15) is 0 Å². The molecular formula is C27H15N3. The predicted octanol–water partition coefficient (Wildman–Crippen LogP) is 6.30. The Balaban J connectivity index is 1.87. The molecule has 0 unspecified atom stereocenters. The molecule has 0 heterocycles. The van der Waals surface area contributed by atoms with E-state index in [0.717, 1.165) is 33.4 Å². The summed E-state index contributed by atoms with van der Waals surface area (Å²) in [5.74, 6) is 0. The van der Waals surface area contributed by atoms with Crippen molar-refractivity contribution in [2.45, 2.75) is 0 Å². The van der Waals surface area contributed by atoms with Crippen LogP contribution < -0.4 is 0 Å². The molecular weight excluding hydrogens is 366 g/mol. The molecule has 0 spiro atoms. The highest BCUT2D eigenvalue weighted by Crippen LogP contribution is 2.36. The summed E-state index contributed by atoms with van der Waals surface area (Å²) in [6.07, 6.45) is 0. The number of nitriles is 3. The maximum absolute atomic E-state index is 9.12. The lowest BCUT2D eigenvalue weighted by Crippen LogP contribution is -1.89. The molecule has 0 aliphatic rings. The maximum atomic E-state index is 9.12. The lowest BCUT2D eigenvalue weighted by molar-refractivity contribution is 1.47. The standard InChI is InChI=1S/C27H15N3/c28-16-19-1-7-22(8-2-19)25-13-14-26(23-9-3-20(17-29)4-10-23)27(15-25)24-11-5-21(18-30)6-12-24/h1-15H.